The van der Waals surface area contributed by atoms with Crippen LogP contribution in [0.4, 0.5) is 0 Å². The first kappa shape index (κ1) is 26.4. The molecule has 1 fully saturated rings. The van der Waals surface area contributed by atoms with E-state index in [1.54, 1.807) is 31.5 Å². The zero-order valence-corrected chi connectivity index (χ0v) is 21.7. The number of sulfone groups is 1. The Hall–Kier alpha value is -3.63. The molecule has 196 valence electrons. The van der Waals surface area contributed by atoms with Crippen LogP contribution in [0, 0.1) is 0 Å². The summed E-state index contributed by atoms with van der Waals surface area (Å²) in [4.78, 5) is 27.3. The number of rotatable bonds is 9. The standard InChI is InChI=1S/C27H31N3O6S/c1-35-22-7-3-20(4-8-22)18-28-26(31)19-29-14-11-23(12-15-29)36-24-13-16-30(27(32)17-24)21-5-9-25(10-6-21)37(2,33)34/h3-10,13,16-17,23H,11-12,14-15,18-19H2,1-2H3,(H,28,31). The lowest BCUT2D eigenvalue weighted by molar-refractivity contribution is -0.122. The van der Waals surface area contributed by atoms with E-state index in [1.165, 1.54) is 22.8 Å². The Morgan fingerprint density at radius 1 is 1.00 bits per heavy atom. The Kier molecular flexibility index (Phi) is 8.30. The molecule has 2 aromatic carbocycles. The molecule has 10 heteroatoms. The molecule has 1 aromatic heterocycles. The number of carbonyl (C=O) groups is 1. The van der Waals surface area contributed by atoms with Gasteiger partial charge in [0.2, 0.25) is 5.91 Å². The van der Waals surface area contributed by atoms with Crippen molar-refractivity contribution in [3.8, 4) is 17.2 Å². The van der Waals surface area contributed by atoms with E-state index in [4.69, 9.17) is 9.47 Å². The number of carbonyl (C=O) groups excluding carboxylic acids is 1. The summed E-state index contributed by atoms with van der Waals surface area (Å²) in [7, 11) is -1.68. The van der Waals surface area contributed by atoms with E-state index in [1.807, 2.05) is 24.3 Å². The lowest BCUT2D eigenvalue weighted by Gasteiger charge is -2.31. The molecule has 0 atom stereocenters. The van der Waals surface area contributed by atoms with Crippen molar-refractivity contribution in [2.75, 3.05) is 33.0 Å². The van der Waals surface area contributed by atoms with Crippen molar-refractivity contribution in [1.82, 2.24) is 14.8 Å². The molecule has 3 aromatic rings. The Morgan fingerprint density at radius 3 is 2.27 bits per heavy atom. The number of ether oxygens (including phenoxy) is 2. The van der Waals surface area contributed by atoms with Crippen molar-refractivity contribution < 1.29 is 22.7 Å². The number of nitrogens with one attached hydrogen (secondary N) is 1. The van der Waals surface area contributed by atoms with Gasteiger partial charge in [0.05, 0.1) is 18.6 Å². The summed E-state index contributed by atoms with van der Waals surface area (Å²) in [6.07, 6.45) is 4.23. The van der Waals surface area contributed by atoms with Crippen molar-refractivity contribution in [3.63, 3.8) is 0 Å². The molecule has 1 N–H and O–H groups in total. The topological polar surface area (TPSA) is 107 Å². The molecular weight excluding hydrogens is 494 g/mol. The molecule has 0 spiro atoms. The second kappa shape index (κ2) is 11.6. The van der Waals surface area contributed by atoms with Crippen LogP contribution in [-0.4, -0.2) is 62.9 Å². The number of hydrogen-bond acceptors (Lipinski definition) is 7. The quantitative estimate of drug-likeness (QED) is 0.457. The third-order valence-electron chi connectivity index (χ3n) is 6.29. The fourth-order valence-electron chi connectivity index (χ4n) is 4.18. The van der Waals surface area contributed by atoms with Gasteiger partial charge in [0.1, 0.15) is 17.6 Å². The summed E-state index contributed by atoms with van der Waals surface area (Å²) in [6.45, 7) is 2.25. The van der Waals surface area contributed by atoms with E-state index in [0.29, 0.717) is 24.5 Å². The number of benzene rings is 2. The molecule has 0 saturated carbocycles. The molecule has 0 aliphatic carbocycles. The Labute approximate surface area is 216 Å². The van der Waals surface area contributed by atoms with Gasteiger partial charge in [0, 0.05) is 43.8 Å². The van der Waals surface area contributed by atoms with E-state index in [9.17, 15) is 18.0 Å². The van der Waals surface area contributed by atoms with E-state index in [0.717, 1.165) is 43.5 Å². The van der Waals surface area contributed by atoms with Gasteiger partial charge in [-0.1, -0.05) is 12.1 Å². The van der Waals surface area contributed by atoms with Gasteiger partial charge < -0.3 is 14.8 Å². The molecule has 1 amide bonds. The lowest BCUT2D eigenvalue weighted by Crippen LogP contribution is -2.43. The Morgan fingerprint density at radius 2 is 1.68 bits per heavy atom. The smallest absolute Gasteiger partial charge is 0.258 e. The van der Waals surface area contributed by atoms with Crippen LogP contribution in [0.25, 0.3) is 5.69 Å². The first-order valence-electron chi connectivity index (χ1n) is 12.0. The first-order chi connectivity index (χ1) is 17.7. The lowest BCUT2D eigenvalue weighted by atomic mass is 10.1. The highest BCUT2D eigenvalue weighted by molar-refractivity contribution is 7.90. The molecule has 1 aliphatic rings. The van der Waals surface area contributed by atoms with Gasteiger partial charge in [0.25, 0.3) is 5.56 Å². The van der Waals surface area contributed by atoms with Gasteiger partial charge in [-0.15, -0.1) is 0 Å². The number of aromatic nitrogens is 1. The van der Waals surface area contributed by atoms with Crippen LogP contribution in [0.3, 0.4) is 0 Å². The molecule has 0 bridgehead atoms. The number of nitrogens with zero attached hydrogens (tertiary/aromatic N) is 2. The maximum atomic E-state index is 12.6. The Balaban J connectivity index is 1.24. The summed E-state index contributed by atoms with van der Waals surface area (Å²) in [5, 5.41) is 2.95. The Bertz CT molecular complexity index is 1380. The minimum Gasteiger partial charge on any atom is -0.497 e. The van der Waals surface area contributed by atoms with Gasteiger partial charge >= 0.3 is 0 Å². The molecule has 37 heavy (non-hydrogen) atoms. The SMILES string of the molecule is COc1ccc(CNC(=O)CN2CCC(Oc3ccn(-c4ccc(S(C)(=O)=O)cc4)c(=O)c3)CC2)cc1. The number of methoxy groups -OCH3 is 1. The van der Waals surface area contributed by atoms with Crippen LogP contribution in [-0.2, 0) is 21.2 Å². The molecule has 1 saturated heterocycles. The van der Waals surface area contributed by atoms with Crippen LogP contribution in [0.15, 0.2) is 76.6 Å². The van der Waals surface area contributed by atoms with Crippen LogP contribution < -0.4 is 20.3 Å². The van der Waals surface area contributed by atoms with Crippen molar-refractivity contribution in [2.45, 2.75) is 30.4 Å². The third kappa shape index (κ3) is 7.21. The van der Waals surface area contributed by atoms with Crippen molar-refractivity contribution >= 4 is 15.7 Å². The highest BCUT2D eigenvalue weighted by atomic mass is 32.2. The molecule has 0 unspecified atom stereocenters. The van der Waals surface area contributed by atoms with Crippen molar-refractivity contribution in [3.05, 3.63) is 82.8 Å². The largest absolute Gasteiger partial charge is 0.497 e. The second-order valence-electron chi connectivity index (χ2n) is 9.05. The average Bonchev–Trinajstić information content (AvgIpc) is 2.89. The zero-order valence-electron chi connectivity index (χ0n) is 20.9. The highest BCUT2D eigenvalue weighted by Gasteiger charge is 2.22. The van der Waals surface area contributed by atoms with E-state index in [-0.39, 0.29) is 22.5 Å². The maximum absolute atomic E-state index is 12.6. The summed E-state index contributed by atoms with van der Waals surface area (Å²) in [5.41, 5.74) is 1.31. The normalized spacial score (nSPS) is 14.8. The van der Waals surface area contributed by atoms with E-state index in [2.05, 4.69) is 10.2 Å². The number of likely N-dealkylation sites (tertiary alicyclic amines) is 1. The zero-order chi connectivity index (χ0) is 26.4. The highest BCUT2D eigenvalue weighted by Crippen LogP contribution is 2.19. The third-order valence-corrected chi connectivity index (χ3v) is 7.42. The summed E-state index contributed by atoms with van der Waals surface area (Å²) >= 11 is 0. The number of hydrogen-bond donors (Lipinski definition) is 1. The van der Waals surface area contributed by atoms with Crippen molar-refractivity contribution in [1.29, 1.82) is 0 Å². The monoisotopic (exact) mass is 525 g/mol. The molecule has 0 radical (unpaired) electrons. The fraction of sp³-hybridized carbons (Fsp3) is 0.333. The second-order valence-corrected chi connectivity index (χ2v) is 11.1. The number of pyridine rings is 1. The van der Waals surface area contributed by atoms with Gasteiger partial charge in [-0.2, -0.15) is 0 Å². The maximum Gasteiger partial charge on any atom is 0.258 e. The minimum absolute atomic E-state index is 0.0247. The number of amides is 1. The number of piperidine rings is 1. The summed E-state index contributed by atoms with van der Waals surface area (Å²) in [6, 6.07) is 16.9. The summed E-state index contributed by atoms with van der Waals surface area (Å²) < 4.78 is 35.9. The molecule has 9 nitrogen and oxygen atoms in total. The van der Waals surface area contributed by atoms with Crippen LogP contribution >= 0.6 is 0 Å². The first-order valence-corrected chi connectivity index (χ1v) is 13.9. The minimum atomic E-state index is -3.30. The molecule has 4 rings (SSSR count). The van der Waals surface area contributed by atoms with Crippen LogP contribution in [0.5, 0.6) is 11.5 Å². The van der Waals surface area contributed by atoms with Crippen LogP contribution in [0.1, 0.15) is 18.4 Å². The molecular formula is C27H31N3O6S. The van der Waals surface area contributed by atoms with Gasteiger partial charge in [-0.25, -0.2) is 8.42 Å². The fourth-order valence-corrected chi connectivity index (χ4v) is 4.81. The van der Waals surface area contributed by atoms with Gasteiger partial charge in [-0.05, 0) is 60.9 Å². The molecule has 2 heterocycles. The summed E-state index contributed by atoms with van der Waals surface area (Å²) in [5.74, 6) is 1.25. The predicted molar refractivity (Wildman–Crippen MR) is 140 cm³/mol. The van der Waals surface area contributed by atoms with Gasteiger partial charge in [0.15, 0.2) is 9.84 Å². The predicted octanol–water partition coefficient (Wildman–Crippen LogP) is 2.41. The average molecular weight is 526 g/mol. The molecule has 1 aliphatic heterocycles. The van der Waals surface area contributed by atoms with E-state index >= 15 is 0 Å². The van der Waals surface area contributed by atoms with Crippen LogP contribution in [0.2, 0.25) is 0 Å². The van der Waals surface area contributed by atoms with Crippen molar-refractivity contribution in [2.24, 2.45) is 0 Å². The van der Waals surface area contributed by atoms with Gasteiger partial charge in [-0.3, -0.25) is 19.1 Å². The van der Waals surface area contributed by atoms with E-state index < -0.39 is 9.84 Å².